The molecule has 6 nitrogen and oxygen atoms in total. The van der Waals surface area contributed by atoms with Gasteiger partial charge in [0.15, 0.2) is 0 Å². The summed E-state index contributed by atoms with van der Waals surface area (Å²) in [6.07, 6.45) is 1.34. The Hall–Kier alpha value is -2.11. The van der Waals surface area contributed by atoms with Gasteiger partial charge in [0.2, 0.25) is 0 Å². The summed E-state index contributed by atoms with van der Waals surface area (Å²) in [5.74, 6) is 0.698. The lowest BCUT2D eigenvalue weighted by Gasteiger charge is -2.19. The second-order valence-electron chi connectivity index (χ2n) is 6.31. The van der Waals surface area contributed by atoms with Gasteiger partial charge >= 0.3 is 6.09 Å². The van der Waals surface area contributed by atoms with E-state index < -0.39 is 5.60 Å². The van der Waals surface area contributed by atoms with Crippen molar-refractivity contribution in [2.75, 3.05) is 30.7 Å². The van der Waals surface area contributed by atoms with E-state index in [1.165, 1.54) is 0 Å². The van der Waals surface area contributed by atoms with Gasteiger partial charge in [-0.1, -0.05) is 6.92 Å². The Bertz CT molecular complexity index is 498. The number of alkyl carbamates (subject to hydrolysis) is 1. The molecule has 130 valence electrons. The van der Waals surface area contributed by atoms with Crippen LogP contribution in [0.2, 0.25) is 0 Å². The molecule has 0 fully saturated rings. The van der Waals surface area contributed by atoms with Gasteiger partial charge in [-0.25, -0.2) is 4.79 Å². The standard InChI is InChI=1S/C17H29N3O3/c1-5-11-22-15-12-13(7-8-14(15)18)19-9-6-10-20-16(21)23-17(2,3)4/h7-8,12,19H,5-6,9-11,18H2,1-4H3,(H,20,21). The summed E-state index contributed by atoms with van der Waals surface area (Å²) in [7, 11) is 0. The van der Waals surface area contributed by atoms with Gasteiger partial charge in [-0.15, -0.1) is 0 Å². The van der Waals surface area contributed by atoms with E-state index in [-0.39, 0.29) is 6.09 Å². The fraction of sp³-hybridized carbons (Fsp3) is 0.588. The highest BCUT2D eigenvalue weighted by Gasteiger charge is 2.15. The van der Waals surface area contributed by atoms with Crippen molar-refractivity contribution >= 4 is 17.5 Å². The van der Waals surface area contributed by atoms with Gasteiger partial charge in [0.25, 0.3) is 0 Å². The summed E-state index contributed by atoms with van der Waals surface area (Å²) < 4.78 is 10.8. The Labute approximate surface area is 138 Å². The van der Waals surface area contributed by atoms with E-state index in [4.69, 9.17) is 15.2 Å². The summed E-state index contributed by atoms with van der Waals surface area (Å²) >= 11 is 0. The molecule has 1 rings (SSSR count). The zero-order valence-corrected chi connectivity index (χ0v) is 14.6. The number of rotatable bonds is 8. The quantitative estimate of drug-likeness (QED) is 0.504. The molecule has 0 unspecified atom stereocenters. The second-order valence-corrected chi connectivity index (χ2v) is 6.31. The number of carbonyl (C=O) groups excluding carboxylic acids is 1. The summed E-state index contributed by atoms with van der Waals surface area (Å²) in [6, 6.07) is 5.63. The molecule has 0 aliphatic heterocycles. The maximum atomic E-state index is 11.5. The number of amides is 1. The molecule has 0 atom stereocenters. The van der Waals surface area contributed by atoms with Gasteiger partial charge in [-0.05, 0) is 45.7 Å². The summed E-state index contributed by atoms with van der Waals surface area (Å²) in [5, 5.41) is 6.01. The summed E-state index contributed by atoms with van der Waals surface area (Å²) in [6.45, 7) is 9.50. The summed E-state index contributed by atoms with van der Waals surface area (Å²) in [5.41, 5.74) is 6.99. The van der Waals surface area contributed by atoms with Gasteiger partial charge < -0.3 is 25.8 Å². The second kappa shape index (κ2) is 9.12. The van der Waals surface area contributed by atoms with Crippen molar-refractivity contribution in [2.24, 2.45) is 0 Å². The van der Waals surface area contributed by atoms with Crippen LogP contribution in [0.1, 0.15) is 40.5 Å². The Kier molecular flexibility index (Phi) is 7.51. The molecule has 0 aliphatic carbocycles. The number of nitrogen functional groups attached to an aromatic ring is 1. The van der Waals surface area contributed by atoms with E-state index in [0.717, 1.165) is 25.1 Å². The molecule has 0 saturated heterocycles. The van der Waals surface area contributed by atoms with Crippen LogP contribution >= 0.6 is 0 Å². The van der Waals surface area contributed by atoms with Gasteiger partial charge in [-0.2, -0.15) is 0 Å². The van der Waals surface area contributed by atoms with E-state index in [1.807, 2.05) is 39.0 Å². The molecular formula is C17H29N3O3. The molecule has 1 amide bonds. The summed E-state index contributed by atoms with van der Waals surface area (Å²) in [4.78, 5) is 11.5. The van der Waals surface area contributed by atoms with Crippen molar-refractivity contribution in [1.82, 2.24) is 5.32 Å². The molecule has 4 N–H and O–H groups in total. The number of carbonyl (C=O) groups is 1. The van der Waals surface area contributed by atoms with Crippen LogP contribution in [0.4, 0.5) is 16.2 Å². The smallest absolute Gasteiger partial charge is 0.407 e. The molecule has 1 aromatic carbocycles. The predicted octanol–water partition coefficient (Wildman–Crippen LogP) is 3.38. The molecule has 1 aromatic rings. The molecule has 0 bridgehead atoms. The third kappa shape index (κ3) is 8.18. The van der Waals surface area contributed by atoms with Gasteiger partial charge in [0, 0.05) is 24.8 Å². The fourth-order valence-corrected chi connectivity index (χ4v) is 1.81. The molecule has 0 radical (unpaired) electrons. The van der Waals surface area contributed by atoms with Crippen LogP contribution in [0.15, 0.2) is 18.2 Å². The Morgan fingerprint density at radius 3 is 2.65 bits per heavy atom. The minimum absolute atomic E-state index is 0.389. The Balaban J connectivity index is 2.29. The first kappa shape index (κ1) is 18.9. The zero-order valence-electron chi connectivity index (χ0n) is 14.6. The Morgan fingerprint density at radius 1 is 1.26 bits per heavy atom. The van der Waals surface area contributed by atoms with E-state index >= 15 is 0 Å². The first-order valence-corrected chi connectivity index (χ1v) is 8.05. The highest BCUT2D eigenvalue weighted by molar-refractivity contribution is 5.67. The maximum Gasteiger partial charge on any atom is 0.407 e. The first-order chi connectivity index (χ1) is 10.8. The van der Waals surface area contributed by atoms with E-state index in [1.54, 1.807) is 0 Å². The molecule has 23 heavy (non-hydrogen) atoms. The highest BCUT2D eigenvalue weighted by atomic mass is 16.6. The van der Waals surface area contributed by atoms with Crippen molar-refractivity contribution in [3.05, 3.63) is 18.2 Å². The first-order valence-electron chi connectivity index (χ1n) is 8.05. The average Bonchev–Trinajstić information content (AvgIpc) is 2.45. The predicted molar refractivity (Wildman–Crippen MR) is 94.0 cm³/mol. The van der Waals surface area contributed by atoms with Crippen LogP contribution < -0.4 is 21.1 Å². The van der Waals surface area contributed by atoms with E-state index in [9.17, 15) is 4.79 Å². The molecule has 0 heterocycles. The number of hydrogen-bond acceptors (Lipinski definition) is 5. The van der Waals surface area contributed by atoms with Crippen LogP contribution in [0.5, 0.6) is 5.75 Å². The third-order valence-corrected chi connectivity index (χ3v) is 2.83. The largest absolute Gasteiger partial charge is 0.491 e. The molecular weight excluding hydrogens is 294 g/mol. The topological polar surface area (TPSA) is 85.6 Å². The zero-order chi connectivity index (χ0) is 17.3. The number of ether oxygens (including phenoxy) is 2. The van der Waals surface area contributed by atoms with Crippen LogP contribution in [0, 0.1) is 0 Å². The number of anilines is 2. The SMILES string of the molecule is CCCOc1cc(NCCCNC(=O)OC(C)(C)C)ccc1N. The van der Waals surface area contributed by atoms with Crippen molar-refractivity contribution in [1.29, 1.82) is 0 Å². The minimum Gasteiger partial charge on any atom is -0.491 e. The van der Waals surface area contributed by atoms with Crippen molar-refractivity contribution in [3.8, 4) is 5.75 Å². The fourth-order valence-electron chi connectivity index (χ4n) is 1.81. The molecule has 0 spiro atoms. The van der Waals surface area contributed by atoms with Crippen LogP contribution in [-0.4, -0.2) is 31.4 Å². The molecule has 0 saturated carbocycles. The number of benzene rings is 1. The molecule has 6 heteroatoms. The van der Waals surface area contributed by atoms with Crippen LogP contribution in [0.3, 0.4) is 0 Å². The van der Waals surface area contributed by atoms with Crippen molar-refractivity contribution in [2.45, 2.75) is 46.1 Å². The monoisotopic (exact) mass is 323 g/mol. The highest BCUT2D eigenvalue weighted by Crippen LogP contribution is 2.25. The minimum atomic E-state index is -0.471. The van der Waals surface area contributed by atoms with Crippen molar-refractivity contribution < 1.29 is 14.3 Å². The maximum absolute atomic E-state index is 11.5. The van der Waals surface area contributed by atoms with Crippen LogP contribution in [-0.2, 0) is 4.74 Å². The lowest BCUT2D eigenvalue weighted by molar-refractivity contribution is 0.0528. The Morgan fingerprint density at radius 2 is 2.00 bits per heavy atom. The van der Waals surface area contributed by atoms with E-state index in [0.29, 0.717) is 24.6 Å². The van der Waals surface area contributed by atoms with Gasteiger partial charge in [-0.3, -0.25) is 0 Å². The van der Waals surface area contributed by atoms with E-state index in [2.05, 4.69) is 17.6 Å². The number of nitrogens with two attached hydrogens (primary N) is 1. The van der Waals surface area contributed by atoms with Crippen molar-refractivity contribution in [3.63, 3.8) is 0 Å². The molecule has 0 aromatic heterocycles. The lowest BCUT2D eigenvalue weighted by Crippen LogP contribution is -2.33. The number of nitrogens with one attached hydrogen (secondary N) is 2. The number of hydrogen-bond donors (Lipinski definition) is 3. The van der Waals surface area contributed by atoms with Crippen LogP contribution in [0.25, 0.3) is 0 Å². The molecule has 0 aliphatic rings. The average molecular weight is 323 g/mol. The van der Waals surface area contributed by atoms with Gasteiger partial charge in [0.05, 0.1) is 12.3 Å². The third-order valence-electron chi connectivity index (χ3n) is 2.83. The normalized spacial score (nSPS) is 11.0. The van der Waals surface area contributed by atoms with Gasteiger partial charge in [0.1, 0.15) is 11.4 Å². The lowest BCUT2D eigenvalue weighted by atomic mass is 10.2.